The van der Waals surface area contributed by atoms with Crippen molar-refractivity contribution >= 4 is 11.8 Å². The van der Waals surface area contributed by atoms with Crippen LogP contribution in [0.25, 0.3) is 0 Å². The fraction of sp³-hybridized carbons (Fsp3) is 1.00. The highest BCUT2D eigenvalue weighted by Gasteiger charge is 2.23. The lowest BCUT2D eigenvalue weighted by Gasteiger charge is -2.12. The quantitative estimate of drug-likeness (QED) is 0.654. The Labute approximate surface area is 93.4 Å². The number of hydrogen-bond donors (Lipinski definition) is 1. The van der Waals surface area contributed by atoms with Crippen LogP contribution >= 0.6 is 11.8 Å². The highest BCUT2D eigenvalue weighted by molar-refractivity contribution is 7.98. The Morgan fingerprint density at radius 3 is 2.93 bits per heavy atom. The summed E-state index contributed by atoms with van der Waals surface area (Å²) in [7, 11) is 0. The van der Waals surface area contributed by atoms with E-state index in [1.807, 2.05) is 11.8 Å². The Morgan fingerprint density at radius 1 is 1.36 bits per heavy atom. The van der Waals surface area contributed by atoms with Crippen LogP contribution in [0.5, 0.6) is 0 Å². The molecule has 0 bridgehead atoms. The monoisotopic (exact) mass is 215 g/mol. The summed E-state index contributed by atoms with van der Waals surface area (Å²) in [5.41, 5.74) is 0. The van der Waals surface area contributed by atoms with Gasteiger partial charge in [0.05, 0.1) is 0 Å². The zero-order valence-corrected chi connectivity index (χ0v) is 10.5. The van der Waals surface area contributed by atoms with Crippen LogP contribution < -0.4 is 5.32 Å². The molecule has 0 saturated heterocycles. The number of thioether (sulfide) groups is 1. The van der Waals surface area contributed by atoms with E-state index >= 15 is 0 Å². The molecule has 0 aromatic carbocycles. The van der Waals surface area contributed by atoms with Crippen LogP contribution in [0, 0.1) is 5.92 Å². The standard InChI is InChI=1S/C12H25NS/c1-3-8-13-12-7-6-11(10-12)5-4-9-14-2/h11-13H,3-10H2,1-2H3. The largest absolute Gasteiger partial charge is 0.314 e. The molecule has 0 radical (unpaired) electrons. The minimum atomic E-state index is 0.842. The van der Waals surface area contributed by atoms with Gasteiger partial charge in [0.2, 0.25) is 0 Å². The first-order valence-electron chi connectivity index (χ1n) is 6.09. The average Bonchev–Trinajstić information content (AvgIpc) is 2.63. The van der Waals surface area contributed by atoms with Crippen molar-refractivity contribution in [3.05, 3.63) is 0 Å². The second kappa shape index (κ2) is 7.58. The van der Waals surface area contributed by atoms with Crippen molar-refractivity contribution in [1.82, 2.24) is 5.32 Å². The molecule has 0 amide bonds. The molecule has 0 heterocycles. The van der Waals surface area contributed by atoms with Crippen LogP contribution in [0.1, 0.15) is 45.4 Å². The third kappa shape index (κ3) is 4.70. The number of hydrogen-bond acceptors (Lipinski definition) is 2. The molecule has 1 saturated carbocycles. The first-order chi connectivity index (χ1) is 6.86. The van der Waals surface area contributed by atoms with Crippen LogP contribution in [0.2, 0.25) is 0 Å². The van der Waals surface area contributed by atoms with Crippen molar-refractivity contribution in [1.29, 1.82) is 0 Å². The van der Waals surface area contributed by atoms with Gasteiger partial charge in [-0.05, 0) is 63.0 Å². The molecule has 1 N–H and O–H groups in total. The van der Waals surface area contributed by atoms with Gasteiger partial charge >= 0.3 is 0 Å². The third-order valence-electron chi connectivity index (χ3n) is 3.19. The molecule has 0 spiro atoms. The summed E-state index contributed by atoms with van der Waals surface area (Å²) in [5.74, 6) is 2.38. The van der Waals surface area contributed by atoms with E-state index in [4.69, 9.17) is 0 Å². The maximum Gasteiger partial charge on any atom is 0.00698 e. The maximum absolute atomic E-state index is 3.65. The topological polar surface area (TPSA) is 12.0 Å². The highest BCUT2D eigenvalue weighted by Crippen LogP contribution is 2.29. The van der Waals surface area contributed by atoms with Gasteiger partial charge in [-0.1, -0.05) is 6.92 Å². The van der Waals surface area contributed by atoms with E-state index in [-0.39, 0.29) is 0 Å². The molecule has 14 heavy (non-hydrogen) atoms. The average molecular weight is 215 g/mol. The van der Waals surface area contributed by atoms with Crippen molar-refractivity contribution < 1.29 is 0 Å². The van der Waals surface area contributed by atoms with E-state index in [9.17, 15) is 0 Å². The zero-order valence-electron chi connectivity index (χ0n) is 9.72. The first kappa shape index (κ1) is 12.4. The van der Waals surface area contributed by atoms with Crippen LogP contribution in [0.3, 0.4) is 0 Å². The predicted molar refractivity (Wildman–Crippen MR) is 67.0 cm³/mol. The van der Waals surface area contributed by atoms with Gasteiger partial charge in [-0.2, -0.15) is 11.8 Å². The van der Waals surface area contributed by atoms with Gasteiger partial charge in [0, 0.05) is 6.04 Å². The van der Waals surface area contributed by atoms with Gasteiger partial charge in [-0.3, -0.25) is 0 Å². The van der Waals surface area contributed by atoms with Crippen molar-refractivity contribution in [3.8, 4) is 0 Å². The second-order valence-electron chi connectivity index (χ2n) is 4.47. The van der Waals surface area contributed by atoms with Crippen LogP contribution in [-0.4, -0.2) is 24.6 Å². The van der Waals surface area contributed by atoms with Crippen LogP contribution in [0.4, 0.5) is 0 Å². The summed E-state index contributed by atoms with van der Waals surface area (Å²) in [6.07, 6.45) is 10.7. The van der Waals surface area contributed by atoms with Crippen LogP contribution in [0.15, 0.2) is 0 Å². The molecule has 0 aromatic rings. The van der Waals surface area contributed by atoms with E-state index in [1.54, 1.807) is 0 Å². The SMILES string of the molecule is CCCNC1CCC(CCCSC)C1. The Morgan fingerprint density at radius 2 is 2.21 bits per heavy atom. The summed E-state index contributed by atoms with van der Waals surface area (Å²) in [6.45, 7) is 3.46. The highest BCUT2D eigenvalue weighted by atomic mass is 32.2. The Balaban J connectivity index is 2.02. The van der Waals surface area contributed by atoms with Gasteiger partial charge in [-0.25, -0.2) is 0 Å². The molecule has 2 unspecified atom stereocenters. The summed E-state index contributed by atoms with van der Waals surface area (Å²) in [5, 5.41) is 3.65. The Bertz CT molecular complexity index is 138. The molecule has 2 heteroatoms. The number of nitrogens with one attached hydrogen (secondary N) is 1. The molecule has 1 aliphatic rings. The second-order valence-corrected chi connectivity index (χ2v) is 5.45. The number of rotatable bonds is 7. The molecule has 1 rings (SSSR count). The minimum absolute atomic E-state index is 0.842. The molecule has 2 atom stereocenters. The molecular weight excluding hydrogens is 190 g/mol. The van der Waals surface area contributed by atoms with E-state index in [0.29, 0.717) is 0 Å². The first-order valence-corrected chi connectivity index (χ1v) is 7.48. The summed E-state index contributed by atoms with van der Waals surface area (Å²) in [4.78, 5) is 0. The third-order valence-corrected chi connectivity index (χ3v) is 3.88. The molecule has 0 aliphatic heterocycles. The van der Waals surface area contributed by atoms with Crippen molar-refractivity contribution in [2.45, 2.75) is 51.5 Å². The van der Waals surface area contributed by atoms with Gasteiger partial charge < -0.3 is 5.32 Å². The Hall–Kier alpha value is 0.310. The van der Waals surface area contributed by atoms with Gasteiger partial charge in [0.1, 0.15) is 0 Å². The van der Waals surface area contributed by atoms with E-state index in [0.717, 1.165) is 12.0 Å². The smallest absolute Gasteiger partial charge is 0.00698 e. The van der Waals surface area contributed by atoms with Crippen molar-refractivity contribution in [3.63, 3.8) is 0 Å². The molecule has 1 aliphatic carbocycles. The fourth-order valence-electron chi connectivity index (χ4n) is 2.39. The molecular formula is C12H25NS. The lowest BCUT2D eigenvalue weighted by atomic mass is 10.0. The van der Waals surface area contributed by atoms with Gasteiger partial charge in [0.15, 0.2) is 0 Å². The van der Waals surface area contributed by atoms with Gasteiger partial charge in [-0.15, -0.1) is 0 Å². The zero-order chi connectivity index (χ0) is 10.2. The minimum Gasteiger partial charge on any atom is -0.314 e. The predicted octanol–water partition coefficient (Wildman–Crippen LogP) is 3.30. The molecule has 84 valence electrons. The summed E-state index contributed by atoms with van der Waals surface area (Å²) < 4.78 is 0. The Kier molecular flexibility index (Phi) is 6.70. The fourth-order valence-corrected chi connectivity index (χ4v) is 2.84. The normalized spacial score (nSPS) is 27.0. The van der Waals surface area contributed by atoms with E-state index < -0.39 is 0 Å². The lowest BCUT2D eigenvalue weighted by Crippen LogP contribution is -2.26. The van der Waals surface area contributed by atoms with E-state index in [1.165, 1.54) is 50.8 Å². The molecule has 1 fully saturated rings. The van der Waals surface area contributed by atoms with E-state index in [2.05, 4.69) is 18.5 Å². The summed E-state index contributed by atoms with van der Waals surface area (Å²) >= 11 is 1.98. The van der Waals surface area contributed by atoms with Crippen LogP contribution in [-0.2, 0) is 0 Å². The van der Waals surface area contributed by atoms with Gasteiger partial charge in [0.25, 0.3) is 0 Å². The van der Waals surface area contributed by atoms with Crippen molar-refractivity contribution in [2.75, 3.05) is 18.6 Å². The van der Waals surface area contributed by atoms with Crippen molar-refractivity contribution in [2.24, 2.45) is 5.92 Å². The summed E-state index contributed by atoms with van der Waals surface area (Å²) in [6, 6.07) is 0.842. The molecule has 0 aromatic heterocycles. The lowest BCUT2D eigenvalue weighted by molar-refractivity contribution is 0.461. The maximum atomic E-state index is 3.65. The molecule has 1 nitrogen and oxygen atoms in total.